The van der Waals surface area contributed by atoms with Crippen LogP contribution in [0.1, 0.15) is 30.7 Å². The van der Waals surface area contributed by atoms with Crippen LogP contribution in [0, 0.1) is 4.91 Å². The molecule has 4 aromatic rings. The summed E-state index contributed by atoms with van der Waals surface area (Å²) in [5, 5.41) is 19.4. The van der Waals surface area contributed by atoms with Gasteiger partial charge < -0.3 is 15.5 Å². The van der Waals surface area contributed by atoms with Gasteiger partial charge in [-0.3, -0.25) is 4.98 Å². The summed E-state index contributed by atoms with van der Waals surface area (Å²) in [7, 11) is 0. The Labute approximate surface area is 168 Å². The van der Waals surface area contributed by atoms with Gasteiger partial charge in [0, 0.05) is 24.2 Å². The van der Waals surface area contributed by atoms with E-state index in [9.17, 15) is 4.91 Å². The summed E-state index contributed by atoms with van der Waals surface area (Å²) in [5.74, 6) is 0.728. The van der Waals surface area contributed by atoms with Crippen molar-refractivity contribution < 1.29 is 14.7 Å². The monoisotopic (exact) mass is 406 g/mol. The topological polar surface area (TPSA) is 173 Å². The second kappa shape index (κ2) is 6.69. The summed E-state index contributed by atoms with van der Waals surface area (Å²) in [4.78, 5) is 27.6. The SMILES string of the molecule is Nc1ncc(-c2ccc(C3(c4noc(-c5cc([N+](=O)O)n[nH]5)n4)CCC3)cn2)cn1. The molecule has 0 aromatic carbocycles. The maximum absolute atomic E-state index is 10.9. The van der Waals surface area contributed by atoms with Gasteiger partial charge in [-0.1, -0.05) is 17.6 Å². The lowest BCUT2D eigenvalue weighted by Gasteiger charge is -2.39. The average molecular weight is 406 g/mol. The van der Waals surface area contributed by atoms with E-state index in [0.717, 1.165) is 36.1 Å². The van der Waals surface area contributed by atoms with Crippen LogP contribution < -0.4 is 5.73 Å². The maximum atomic E-state index is 10.9. The molecule has 0 atom stereocenters. The standard InChI is InChI=1S/C18H16N9O3/c19-17-21-7-10(8-22-17)12-3-2-11(9-20-12)18(4-1-5-18)16-23-15(30-26-16)13-6-14(25-24-13)27(28)29/h2-3,6-9H,1,4-5H2,(H,24,25)(H,28,29)(H2,19,21,22)/q+1. The molecule has 0 saturated heterocycles. The Morgan fingerprint density at radius 2 is 1.97 bits per heavy atom. The predicted octanol–water partition coefficient (Wildman–Crippen LogP) is 2.16. The van der Waals surface area contributed by atoms with Crippen molar-refractivity contribution in [3.05, 3.63) is 53.1 Å². The maximum Gasteiger partial charge on any atom is 0.434 e. The molecule has 12 nitrogen and oxygen atoms in total. The molecule has 12 heteroatoms. The fourth-order valence-corrected chi connectivity index (χ4v) is 3.54. The van der Waals surface area contributed by atoms with Gasteiger partial charge in [-0.05, 0) is 29.4 Å². The van der Waals surface area contributed by atoms with Gasteiger partial charge in [-0.15, -0.1) is 0 Å². The van der Waals surface area contributed by atoms with Crippen molar-refractivity contribution in [2.75, 3.05) is 5.73 Å². The van der Waals surface area contributed by atoms with Crippen LogP contribution in [-0.4, -0.2) is 45.4 Å². The average Bonchev–Trinajstić information content (AvgIpc) is 3.38. The number of hydrogen-bond acceptors (Lipinski definition) is 9. The minimum atomic E-state index is -0.394. The van der Waals surface area contributed by atoms with Crippen LogP contribution in [0.4, 0.5) is 11.8 Å². The zero-order valence-corrected chi connectivity index (χ0v) is 15.6. The molecule has 5 rings (SSSR count). The molecule has 4 N–H and O–H groups in total. The van der Waals surface area contributed by atoms with Crippen molar-refractivity contribution in [1.82, 2.24) is 35.3 Å². The highest BCUT2D eigenvalue weighted by Gasteiger charge is 2.45. The third kappa shape index (κ3) is 2.85. The fraction of sp³-hybridized carbons (Fsp3) is 0.222. The lowest BCUT2D eigenvalue weighted by molar-refractivity contribution is -0.732. The minimum Gasteiger partial charge on any atom is -0.368 e. The van der Waals surface area contributed by atoms with Crippen molar-refractivity contribution in [2.24, 2.45) is 0 Å². The Hall–Kier alpha value is -4.22. The highest BCUT2D eigenvalue weighted by molar-refractivity contribution is 5.58. The molecule has 1 saturated carbocycles. The van der Waals surface area contributed by atoms with Crippen LogP contribution in [0.15, 0.2) is 41.3 Å². The van der Waals surface area contributed by atoms with E-state index in [2.05, 4.69) is 35.3 Å². The number of aromatic amines is 1. The number of aromatic nitrogens is 7. The lowest BCUT2D eigenvalue weighted by Crippen LogP contribution is -2.36. The van der Waals surface area contributed by atoms with Gasteiger partial charge in [0.15, 0.2) is 16.4 Å². The largest absolute Gasteiger partial charge is 0.434 e. The first kappa shape index (κ1) is 17.8. The van der Waals surface area contributed by atoms with Crippen LogP contribution in [0.5, 0.6) is 0 Å². The summed E-state index contributed by atoms with van der Waals surface area (Å²) in [5.41, 5.74) is 7.96. The van der Waals surface area contributed by atoms with Crippen molar-refractivity contribution in [1.29, 1.82) is 0 Å². The first-order chi connectivity index (χ1) is 14.5. The number of anilines is 1. The van der Waals surface area contributed by atoms with E-state index in [1.807, 2.05) is 12.1 Å². The predicted molar refractivity (Wildman–Crippen MR) is 101 cm³/mol. The second-order valence-corrected chi connectivity index (χ2v) is 7.03. The summed E-state index contributed by atoms with van der Waals surface area (Å²) >= 11 is 0. The molecule has 1 aliphatic rings. The highest BCUT2D eigenvalue weighted by atomic mass is 16.6. The molecular formula is C18H16N9O3+. The summed E-state index contributed by atoms with van der Waals surface area (Å²) in [6.45, 7) is 0. The van der Waals surface area contributed by atoms with Gasteiger partial charge in [0.25, 0.3) is 5.89 Å². The van der Waals surface area contributed by atoms with Crippen molar-refractivity contribution in [2.45, 2.75) is 24.7 Å². The normalized spacial score (nSPS) is 14.9. The van der Waals surface area contributed by atoms with Gasteiger partial charge in [-0.25, -0.2) is 9.97 Å². The van der Waals surface area contributed by atoms with E-state index >= 15 is 0 Å². The summed E-state index contributed by atoms with van der Waals surface area (Å²) < 4.78 is 5.37. The van der Waals surface area contributed by atoms with Crippen LogP contribution >= 0.6 is 0 Å². The Balaban J connectivity index is 1.45. The molecule has 4 heterocycles. The molecule has 0 aliphatic heterocycles. The van der Waals surface area contributed by atoms with E-state index < -0.39 is 5.41 Å². The number of rotatable bonds is 5. The Bertz CT molecular complexity index is 1210. The zero-order valence-electron chi connectivity index (χ0n) is 15.6. The number of nitrogens with two attached hydrogens (primary N) is 1. The van der Waals surface area contributed by atoms with E-state index in [0.29, 0.717) is 11.5 Å². The number of nitrogens with zero attached hydrogens (tertiary/aromatic N) is 7. The molecule has 1 aliphatic carbocycles. The quantitative estimate of drug-likeness (QED) is 0.417. The number of H-pyrrole nitrogens is 1. The molecular weight excluding hydrogens is 390 g/mol. The van der Waals surface area contributed by atoms with E-state index in [1.165, 1.54) is 6.07 Å². The fourth-order valence-electron chi connectivity index (χ4n) is 3.54. The van der Waals surface area contributed by atoms with E-state index in [-0.39, 0.29) is 22.6 Å². The summed E-state index contributed by atoms with van der Waals surface area (Å²) in [6.07, 6.45) is 7.80. The van der Waals surface area contributed by atoms with Crippen LogP contribution in [0.25, 0.3) is 22.8 Å². The second-order valence-electron chi connectivity index (χ2n) is 7.03. The van der Waals surface area contributed by atoms with Gasteiger partial charge in [0.2, 0.25) is 5.95 Å². The molecule has 30 heavy (non-hydrogen) atoms. The molecule has 1 fully saturated rings. The number of nitrogen functional groups attached to an aromatic ring is 1. The first-order valence-corrected chi connectivity index (χ1v) is 9.16. The molecule has 0 radical (unpaired) electrons. The van der Waals surface area contributed by atoms with Crippen molar-refractivity contribution in [3.63, 3.8) is 0 Å². The van der Waals surface area contributed by atoms with E-state index in [1.54, 1.807) is 18.6 Å². The smallest absolute Gasteiger partial charge is 0.368 e. The number of hydrogen-bond donors (Lipinski definition) is 3. The first-order valence-electron chi connectivity index (χ1n) is 9.16. The molecule has 0 amide bonds. The van der Waals surface area contributed by atoms with Gasteiger partial charge in [0.1, 0.15) is 0 Å². The van der Waals surface area contributed by atoms with Crippen LogP contribution in [0.2, 0.25) is 0 Å². The zero-order chi connectivity index (χ0) is 20.7. The van der Waals surface area contributed by atoms with Gasteiger partial charge >= 0.3 is 5.82 Å². The Morgan fingerprint density at radius 1 is 1.17 bits per heavy atom. The third-order valence-corrected chi connectivity index (χ3v) is 5.34. The molecule has 0 bridgehead atoms. The van der Waals surface area contributed by atoms with Crippen molar-refractivity contribution in [3.8, 4) is 22.8 Å². The highest BCUT2D eigenvalue weighted by Crippen LogP contribution is 2.48. The molecule has 150 valence electrons. The summed E-state index contributed by atoms with van der Waals surface area (Å²) in [6, 6.07) is 5.21. The van der Waals surface area contributed by atoms with Crippen LogP contribution in [-0.2, 0) is 5.41 Å². The molecule has 0 unspecified atom stereocenters. The van der Waals surface area contributed by atoms with Gasteiger partial charge in [-0.2, -0.15) is 10.1 Å². The van der Waals surface area contributed by atoms with Crippen molar-refractivity contribution >= 4 is 11.8 Å². The molecule has 0 spiro atoms. The molecule has 4 aromatic heterocycles. The van der Waals surface area contributed by atoms with E-state index in [4.69, 9.17) is 15.5 Å². The Kier molecular flexibility index (Phi) is 3.98. The minimum absolute atomic E-state index is 0.181. The number of pyridine rings is 1. The number of nitrogens with one attached hydrogen (secondary N) is 1. The lowest BCUT2D eigenvalue weighted by atomic mass is 9.64. The Morgan fingerprint density at radius 3 is 2.57 bits per heavy atom. The van der Waals surface area contributed by atoms with Gasteiger partial charge in [0.05, 0.1) is 22.3 Å². The third-order valence-electron chi connectivity index (χ3n) is 5.34. The van der Waals surface area contributed by atoms with Crippen LogP contribution in [0.3, 0.4) is 0 Å².